The van der Waals surface area contributed by atoms with E-state index >= 15 is 4.39 Å². The summed E-state index contributed by atoms with van der Waals surface area (Å²) < 4.78 is 100. The average Bonchev–Trinajstić information content (AvgIpc) is 2.75. The maximum Gasteiger partial charge on any atom is 0.194 e. The Morgan fingerprint density at radius 3 is 2.00 bits per heavy atom. The van der Waals surface area contributed by atoms with Gasteiger partial charge in [0.15, 0.2) is 17.5 Å². The standard InChI is InChI=1S/C26H21F7/c1-2-3-4-13-7-18(27)23(19(28)8-13)14-5-6-17-15(9-14)10-20(29)24(25(17)32)16-11-21(30)26(33)22(31)12-16/h7-8,10-12,14H,2-6,9H2,1H3. The summed E-state index contributed by atoms with van der Waals surface area (Å²) in [6.45, 7) is 1.98. The van der Waals surface area contributed by atoms with Gasteiger partial charge in [-0.25, -0.2) is 30.7 Å². The third-order valence-electron chi connectivity index (χ3n) is 6.26. The van der Waals surface area contributed by atoms with Crippen molar-refractivity contribution in [3.63, 3.8) is 0 Å². The summed E-state index contributed by atoms with van der Waals surface area (Å²) in [5, 5.41) is 0. The van der Waals surface area contributed by atoms with Crippen LogP contribution in [0.3, 0.4) is 0 Å². The van der Waals surface area contributed by atoms with Crippen molar-refractivity contribution in [2.45, 2.75) is 51.4 Å². The molecule has 0 saturated carbocycles. The predicted molar refractivity (Wildman–Crippen MR) is 111 cm³/mol. The van der Waals surface area contributed by atoms with E-state index in [4.69, 9.17) is 0 Å². The Morgan fingerprint density at radius 1 is 0.758 bits per heavy atom. The molecule has 33 heavy (non-hydrogen) atoms. The summed E-state index contributed by atoms with van der Waals surface area (Å²) in [6.07, 6.45) is 2.53. The van der Waals surface area contributed by atoms with Crippen molar-refractivity contribution < 1.29 is 30.7 Å². The minimum atomic E-state index is -1.73. The molecule has 0 heterocycles. The molecule has 0 amide bonds. The molecule has 0 spiro atoms. The van der Waals surface area contributed by atoms with Gasteiger partial charge in [0.2, 0.25) is 0 Å². The molecule has 0 aliphatic heterocycles. The van der Waals surface area contributed by atoms with Crippen molar-refractivity contribution in [2.24, 2.45) is 0 Å². The Morgan fingerprint density at radius 2 is 1.39 bits per heavy atom. The third kappa shape index (κ3) is 4.37. The molecule has 1 unspecified atom stereocenters. The lowest BCUT2D eigenvalue weighted by Crippen LogP contribution is -2.18. The van der Waals surface area contributed by atoms with Gasteiger partial charge in [0.25, 0.3) is 0 Å². The van der Waals surface area contributed by atoms with E-state index in [1.54, 1.807) is 0 Å². The number of aryl methyl sites for hydroxylation is 1. The van der Waals surface area contributed by atoms with E-state index in [1.807, 2.05) is 6.92 Å². The van der Waals surface area contributed by atoms with E-state index in [2.05, 4.69) is 0 Å². The van der Waals surface area contributed by atoms with Crippen LogP contribution in [0.25, 0.3) is 11.1 Å². The van der Waals surface area contributed by atoms with Crippen LogP contribution in [0.2, 0.25) is 0 Å². The second-order valence-electron chi connectivity index (χ2n) is 8.46. The molecular formula is C26H21F7. The Kier molecular flexibility index (Phi) is 6.50. The van der Waals surface area contributed by atoms with Gasteiger partial charge in [0, 0.05) is 5.56 Å². The van der Waals surface area contributed by atoms with Gasteiger partial charge in [-0.2, -0.15) is 0 Å². The van der Waals surface area contributed by atoms with Crippen LogP contribution in [-0.4, -0.2) is 0 Å². The summed E-state index contributed by atoms with van der Waals surface area (Å²) in [4.78, 5) is 0. The molecule has 0 bridgehead atoms. The molecule has 0 aromatic heterocycles. The summed E-state index contributed by atoms with van der Waals surface area (Å²) >= 11 is 0. The molecule has 3 aromatic rings. The zero-order valence-electron chi connectivity index (χ0n) is 17.9. The average molecular weight is 466 g/mol. The minimum Gasteiger partial charge on any atom is -0.207 e. The summed E-state index contributed by atoms with van der Waals surface area (Å²) in [7, 11) is 0. The van der Waals surface area contributed by atoms with Crippen LogP contribution in [0.4, 0.5) is 30.7 Å². The molecule has 0 radical (unpaired) electrons. The lowest BCUT2D eigenvalue weighted by molar-refractivity contribution is 0.447. The van der Waals surface area contributed by atoms with E-state index < -0.39 is 57.8 Å². The molecule has 0 N–H and O–H groups in total. The highest BCUT2D eigenvalue weighted by Gasteiger charge is 2.30. The SMILES string of the molecule is CCCCc1cc(F)c(C2CCc3c(cc(F)c(-c4cc(F)c(F)c(F)c4)c3F)C2)c(F)c1. The van der Waals surface area contributed by atoms with Crippen LogP contribution in [0.5, 0.6) is 0 Å². The number of halogens is 7. The topological polar surface area (TPSA) is 0 Å². The molecular weight excluding hydrogens is 445 g/mol. The molecule has 3 aromatic carbocycles. The van der Waals surface area contributed by atoms with Crippen molar-refractivity contribution in [2.75, 3.05) is 0 Å². The molecule has 0 nitrogen and oxygen atoms in total. The van der Waals surface area contributed by atoms with Crippen LogP contribution in [0, 0.1) is 40.7 Å². The van der Waals surface area contributed by atoms with Crippen LogP contribution in [-0.2, 0) is 19.3 Å². The summed E-state index contributed by atoms with van der Waals surface area (Å²) in [5.41, 5.74) is -0.315. The third-order valence-corrected chi connectivity index (χ3v) is 6.26. The number of hydrogen-bond acceptors (Lipinski definition) is 0. The van der Waals surface area contributed by atoms with E-state index in [1.165, 1.54) is 12.1 Å². The quantitative estimate of drug-likeness (QED) is 0.265. The van der Waals surface area contributed by atoms with Crippen LogP contribution >= 0.6 is 0 Å². The maximum atomic E-state index is 15.2. The zero-order chi connectivity index (χ0) is 23.9. The molecule has 4 rings (SSSR count). The normalized spacial score (nSPS) is 15.6. The van der Waals surface area contributed by atoms with Gasteiger partial charge in [-0.15, -0.1) is 0 Å². The van der Waals surface area contributed by atoms with Gasteiger partial charge in [0.05, 0.1) is 5.56 Å². The van der Waals surface area contributed by atoms with E-state index in [0.717, 1.165) is 18.9 Å². The van der Waals surface area contributed by atoms with Gasteiger partial charge < -0.3 is 0 Å². The molecule has 1 aliphatic carbocycles. The van der Waals surface area contributed by atoms with Crippen molar-refractivity contribution in [1.82, 2.24) is 0 Å². The Hall–Kier alpha value is -2.83. The van der Waals surface area contributed by atoms with Crippen molar-refractivity contribution in [3.8, 4) is 11.1 Å². The van der Waals surface area contributed by atoms with Crippen LogP contribution in [0.15, 0.2) is 30.3 Å². The fraction of sp³-hybridized carbons (Fsp3) is 0.308. The second kappa shape index (κ2) is 9.20. The fourth-order valence-corrected chi connectivity index (χ4v) is 4.61. The number of hydrogen-bond donors (Lipinski definition) is 0. The van der Waals surface area contributed by atoms with Gasteiger partial charge in [-0.1, -0.05) is 13.3 Å². The maximum absolute atomic E-state index is 15.2. The van der Waals surface area contributed by atoms with Gasteiger partial charge in [-0.3, -0.25) is 0 Å². The minimum absolute atomic E-state index is 0.0116. The first-order valence-electron chi connectivity index (χ1n) is 10.8. The molecule has 0 fully saturated rings. The van der Waals surface area contributed by atoms with Crippen LogP contribution in [0.1, 0.15) is 54.4 Å². The van der Waals surface area contributed by atoms with Gasteiger partial charge in [-0.05, 0) is 90.6 Å². The van der Waals surface area contributed by atoms with Gasteiger partial charge in [0.1, 0.15) is 23.3 Å². The highest BCUT2D eigenvalue weighted by atomic mass is 19.2. The van der Waals surface area contributed by atoms with Gasteiger partial charge >= 0.3 is 0 Å². The first-order chi connectivity index (χ1) is 15.7. The van der Waals surface area contributed by atoms with Crippen molar-refractivity contribution in [1.29, 1.82) is 0 Å². The van der Waals surface area contributed by atoms with Crippen molar-refractivity contribution >= 4 is 0 Å². The first kappa shape index (κ1) is 23.3. The molecule has 0 saturated heterocycles. The second-order valence-corrected chi connectivity index (χ2v) is 8.46. The Bertz CT molecular complexity index is 1170. The summed E-state index contributed by atoms with van der Waals surface area (Å²) in [5.74, 6) is -8.91. The molecule has 1 atom stereocenters. The van der Waals surface area contributed by atoms with E-state index in [0.29, 0.717) is 24.1 Å². The Balaban J connectivity index is 1.69. The zero-order valence-corrected chi connectivity index (χ0v) is 17.9. The van der Waals surface area contributed by atoms with E-state index in [9.17, 15) is 26.3 Å². The highest BCUT2D eigenvalue weighted by molar-refractivity contribution is 5.67. The molecule has 7 heteroatoms. The smallest absolute Gasteiger partial charge is 0.194 e. The highest BCUT2D eigenvalue weighted by Crippen LogP contribution is 2.40. The first-order valence-corrected chi connectivity index (χ1v) is 10.8. The predicted octanol–water partition coefficient (Wildman–Crippen LogP) is 7.94. The molecule has 174 valence electrons. The summed E-state index contributed by atoms with van der Waals surface area (Å²) in [6, 6.07) is 4.70. The number of benzene rings is 3. The lowest BCUT2D eigenvalue weighted by atomic mass is 9.78. The van der Waals surface area contributed by atoms with Crippen molar-refractivity contribution in [3.05, 3.63) is 93.3 Å². The van der Waals surface area contributed by atoms with E-state index in [-0.39, 0.29) is 36.0 Å². The van der Waals surface area contributed by atoms with Crippen LogP contribution < -0.4 is 0 Å². The Labute approximate surface area is 187 Å². The lowest BCUT2D eigenvalue weighted by Gasteiger charge is -2.27. The number of unbranched alkanes of at least 4 members (excludes halogenated alkanes) is 1. The number of rotatable bonds is 5. The number of fused-ring (bicyclic) bond motifs is 1. The molecule has 1 aliphatic rings. The monoisotopic (exact) mass is 466 g/mol. The fourth-order valence-electron chi connectivity index (χ4n) is 4.61. The largest absolute Gasteiger partial charge is 0.207 e.